The molecule has 2 heterocycles. The van der Waals surface area contributed by atoms with E-state index in [2.05, 4.69) is 28.2 Å². The maximum atomic E-state index is 11.8. The van der Waals surface area contributed by atoms with E-state index >= 15 is 0 Å². The first kappa shape index (κ1) is 12.6. The summed E-state index contributed by atoms with van der Waals surface area (Å²) in [5.74, 6) is 0.177. The van der Waals surface area contributed by atoms with Crippen LogP contribution < -0.4 is 5.32 Å². The number of amides is 1. The van der Waals surface area contributed by atoms with Crippen LogP contribution in [-0.2, 0) is 4.74 Å². The Morgan fingerprint density at radius 2 is 2.18 bits per heavy atom. The van der Waals surface area contributed by atoms with Gasteiger partial charge < -0.3 is 14.5 Å². The Balaban J connectivity index is 1.87. The number of ether oxygens (including phenoxy) is 1. The zero-order valence-electron chi connectivity index (χ0n) is 9.79. The molecule has 1 amide bonds. The van der Waals surface area contributed by atoms with E-state index in [0.717, 1.165) is 26.1 Å². The Morgan fingerprint density at radius 3 is 2.76 bits per heavy atom. The van der Waals surface area contributed by atoms with Crippen LogP contribution in [0.5, 0.6) is 0 Å². The lowest BCUT2D eigenvalue weighted by Crippen LogP contribution is -2.39. The van der Waals surface area contributed by atoms with Crippen molar-refractivity contribution in [3.05, 3.63) is 22.6 Å². The second kappa shape index (κ2) is 5.23. The first-order chi connectivity index (χ1) is 8.09. The van der Waals surface area contributed by atoms with Crippen LogP contribution in [0.1, 0.15) is 30.3 Å². The van der Waals surface area contributed by atoms with E-state index in [4.69, 9.17) is 9.15 Å². The molecule has 1 aromatic heterocycles. The molecule has 0 unspecified atom stereocenters. The van der Waals surface area contributed by atoms with Gasteiger partial charge in [0.05, 0.1) is 0 Å². The minimum absolute atomic E-state index is 0.137. The van der Waals surface area contributed by atoms with E-state index in [-0.39, 0.29) is 11.3 Å². The highest BCUT2D eigenvalue weighted by atomic mass is 79.9. The SMILES string of the molecule is CC1(CNC(=O)c2ccc(Br)o2)CCOCC1. The van der Waals surface area contributed by atoms with E-state index in [1.807, 2.05) is 0 Å². The molecule has 0 atom stereocenters. The van der Waals surface area contributed by atoms with Crippen LogP contribution in [0.2, 0.25) is 0 Å². The quantitative estimate of drug-likeness (QED) is 0.933. The lowest BCUT2D eigenvalue weighted by Gasteiger charge is -2.33. The highest BCUT2D eigenvalue weighted by molar-refractivity contribution is 9.10. The number of hydrogen-bond donors (Lipinski definition) is 1. The fourth-order valence-corrected chi connectivity index (χ4v) is 2.16. The van der Waals surface area contributed by atoms with Crippen molar-refractivity contribution in [2.75, 3.05) is 19.8 Å². The van der Waals surface area contributed by atoms with Crippen molar-refractivity contribution in [3.8, 4) is 0 Å². The summed E-state index contributed by atoms with van der Waals surface area (Å²) in [4.78, 5) is 11.8. The van der Waals surface area contributed by atoms with Crippen LogP contribution in [0.15, 0.2) is 21.2 Å². The molecular formula is C12H16BrNO3. The minimum Gasteiger partial charge on any atom is -0.444 e. The van der Waals surface area contributed by atoms with Gasteiger partial charge in [0.25, 0.3) is 5.91 Å². The molecule has 1 N–H and O–H groups in total. The van der Waals surface area contributed by atoms with E-state index in [1.165, 1.54) is 0 Å². The van der Waals surface area contributed by atoms with Crippen molar-refractivity contribution in [2.24, 2.45) is 5.41 Å². The molecule has 0 aliphatic carbocycles. The van der Waals surface area contributed by atoms with Gasteiger partial charge in [-0.3, -0.25) is 4.79 Å². The molecule has 1 aromatic rings. The predicted octanol–water partition coefficient (Wildman–Crippen LogP) is 2.59. The minimum atomic E-state index is -0.164. The zero-order valence-corrected chi connectivity index (χ0v) is 11.4. The number of nitrogens with one attached hydrogen (secondary N) is 1. The molecule has 0 radical (unpaired) electrons. The number of rotatable bonds is 3. The highest BCUT2D eigenvalue weighted by Crippen LogP contribution is 2.28. The van der Waals surface area contributed by atoms with Crippen molar-refractivity contribution < 1.29 is 13.9 Å². The van der Waals surface area contributed by atoms with Crippen LogP contribution in [0, 0.1) is 5.41 Å². The van der Waals surface area contributed by atoms with Gasteiger partial charge in [-0.15, -0.1) is 0 Å². The molecule has 2 rings (SSSR count). The number of carbonyl (C=O) groups excluding carboxylic acids is 1. The maximum Gasteiger partial charge on any atom is 0.287 e. The van der Waals surface area contributed by atoms with Gasteiger partial charge in [0.15, 0.2) is 10.4 Å². The zero-order chi connectivity index (χ0) is 12.3. The van der Waals surface area contributed by atoms with Crippen LogP contribution >= 0.6 is 15.9 Å². The van der Waals surface area contributed by atoms with Crippen molar-refractivity contribution >= 4 is 21.8 Å². The van der Waals surface area contributed by atoms with Gasteiger partial charge in [-0.25, -0.2) is 0 Å². The summed E-state index contributed by atoms with van der Waals surface area (Å²) in [5.41, 5.74) is 0.137. The van der Waals surface area contributed by atoms with Crippen LogP contribution in [0.25, 0.3) is 0 Å². The number of furan rings is 1. The standard InChI is InChI=1S/C12H16BrNO3/c1-12(4-6-16-7-5-12)8-14-11(15)9-2-3-10(13)17-9/h2-3H,4-8H2,1H3,(H,14,15). The van der Waals surface area contributed by atoms with Crippen LogP contribution in [-0.4, -0.2) is 25.7 Å². The fourth-order valence-electron chi connectivity index (χ4n) is 1.86. The van der Waals surface area contributed by atoms with Gasteiger partial charge in [0.2, 0.25) is 0 Å². The van der Waals surface area contributed by atoms with E-state index in [1.54, 1.807) is 12.1 Å². The van der Waals surface area contributed by atoms with Crippen LogP contribution in [0.3, 0.4) is 0 Å². The van der Waals surface area contributed by atoms with Gasteiger partial charge >= 0.3 is 0 Å². The largest absolute Gasteiger partial charge is 0.444 e. The third kappa shape index (κ3) is 3.33. The highest BCUT2D eigenvalue weighted by Gasteiger charge is 2.28. The third-order valence-electron chi connectivity index (χ3n) is 3.17. The molecule has 94 valence electrons. The molecule has 4 nitrogen and oxygen atoms in total. The Hall–Kier alpha value is -0.810. The topological polar surface area (TPSA) is 51.5 Å². The average Bonchev–Trinajstić information content (AvgIpc) is 2.74. The number of halogens is 1. The second-order valence-corrected chi connectivity index (χ2v) is 5.49. The van der Waals surface area contributed by atoms with Gasteiger partial charge in [0, 0.05) is 19.8 Å². The maximum absolute atomic E-state index is 11.8. The van der Waals surface area contributed by atoms with E-state index in [0.29, 0.717) is 17.0 Å². The summed E-state index contributed by atoms with van der Waals surface area (Å²) in [6.45, 7) is 4.39. The summed E-state index contributed by atoms with van der Waals surface area (Å²) in [7, 11) is 0. The normalized spacial score (nSPS) is 18.9. The Kier molecular flexibility index (Phi) is 3.89. The van der Waals surface area contributed by atoms with Gasteiger partial charge in [0.1, 0.15) is 0 Å². The van der Waals surface area contributed by atoms with Crippen molar-refractivity contribution in [1.29, 1.82) is 0 Å². The predicted molar refractivity (Wildman–Crippen MR) is 66.9 cm³/mol. The molecule has 1 aliphatic heterocycles. The molecule has 0 aromatic carbocycles. The van der Waals surface area contributed by atoms with Gasteiger partial charge in [-0.2, -0.15) is 0 Å². The average molecular weight is 302 g/mol. The van der Waals surface area contributed by atoms with Gasteiger partial charge in [-0.05, 0) is 46.3 Å². The molecule has 1 aliphatic rings. The molecule has 0 bridgehead atoms. The first-order valence-corrected chi connectivity index (χ1v) is 6.50. The fraction of sp³-hybridized carbons (Fsp3) is 0.583. The first-order valence-electron chi connectivity index (χ1n) is 5.70. The van der Waals surface area contributed by atoms with Crippen molar-refractivity contribution in [3.63, 3.8) is 0 Å². The monoisotopic (exact) mass is 301 g/mol. The summed E-state index contributed by atoms with van der Waals surface area (Å²) >= 11 is 3.18. The van der Waals surface area contributed by atoms with E-state index < -0.39 is 0 Å². The molecule has 0 saturated carbocycles. The Bertz CT molecular complexity index is 396. The lowest BCUT2D eigenvalue weighted by molar-refractivity contribution is 0.0236. The summed E-state index contributed by atoms with van der Waals surface area (Å²) < 4.78 is 11.1. The lowest BCUT2D eigenvalue weighted by atomic mass is 9.82. The van der Waals surface area contributed by atoms with Crippen molar-refractivity contribution in [2.45, 2.75) is 19.8 Å². The smallest absolute Gasteiger partial charge is 0.287 e. The summed E-state index contributed by atoms with van der Waals surface area (Å²) in [5, 5.41) is 2.91. The van der Waals surface area contributed by atoms with Crippen LogP contribution in [0.4, 0.5) is 0 Å². The Labute approximate surface area is 109 Å². The summed E-state index contributed by atoms with van der Waals surface area (Å²) in [6.07, 6.45) is 1.96. The molecule has 5 heteroatoms. The van der Waals surface area contributed by atoms with Crippen molar-refractivity contribution in [1.82, 2.24) is 5.32 Å². The van der Waals surface area contributed by atoms with E-state index in [9.17, 15) is 4.79 Å². The number of hydrogen-bond acceptors (Lipinski definition) is 3. The molecule has 1 saturated heterocycles. The number of carbonyl (C=O) groups is 1. The summed E-state index contributed by atoms with van der Waals surface area (Å²) in [6, 6.07) is 3.37. The van der Waals surface area contributed by atoms with Gasteiger partial charge in [-0.1, -0.05) is 6.92 Å². The molecule has 1 fully saturated rings. The molecule has 0 spiro atoms. The second-order valence-electron chi connectivity index (χ2n) is 4.71. The molecular weight excluding hydrogens is 286 g/mol. The Morgan fingerprint density at radius 1 is 1.47 bits per heavy atom. The third-order valence-corrected chi connectivity index (χ3v) is 3.60. The molecule has 17 heavy (non-hydrogen) atoms.